The summed E-state index contributed by atoms with van der Waals surface area (Å²) in [5.41, 5.74) is 3.04. The first-order valence-electron chi connectivity index (χ1n) is 9.12. The SMILES string of the molecule is CC1[C@@H]2Cc3ccc(O)cc3[C@@]1(C)CCN2C[C@@]1(C)CCCO1. The predicted octanol–water partition coefficient (Wildman–Crippen LogP) is 3.49. The molecule has 4 rings (SSSR count). The van der Waals surface area contributed by atoms with Crippen LogP contribution in [-0.4, -0.2) is 41.3 Å². The Kier molecular flexibility index (Phi) is 3.51. The van der Waals surface area contributed by atoms with Crippen LogP contribution in [0.1, 0.15) is 51.2 Å². The number of fused-ring (bicyclic) bond motifs is 4. The van der Waals surface area contributed by atoms with Crippen molar-refractivity contribution in [2.24, 2.45) is 5.92 Å². The number of piperidine rings is 1. The van der Waals surface area contributed by atoms with E-state index in [-0.39, 0.29) is 11.0 Å². The van der Waals surface area contributed by atoms with Gasteiger partial charge in [0.15, 0.2) is 0 Å². The summed E-state index contributed by atoms with van der Waals surface area (Å²) in [7, 11) is 0. The van der Waals surface area contributed by atoms with Gasteiger partial charge in [0.25, 0.3) is 0 Å². The van der Waals surface area contributed by atoms with Crippen molar-refractivity contribution in [1.29, 1.82) is 0 Å². The summed E-state index contributed by atoms with van der Waals surface area (Å²) < 4.78 is 6.05. The molecular formula is C20H29NO2. The van der Waals surface area contributed by atoms with Gasteiger partial charge in [-0.1, -0.05) is 19.9 Å². The average Bonchev–Trinajstić information content (AvgIpc) is 2.93. The number of hydrogen-bond donors (Lipinski definition) is 1. The largest absolute Gasteiger partial charge is 0.508 e. The zero-order valence-corrected chi connectivity index (χ0v) is 14.6. The van der Waals surface area contributed by atoms with E-state index in [1.54, 1.807) is 0 Å². The Morgan fingerprint density at radius 1 is 1.30 bits per heavy atom. The quantitative estimate of drug-likeness (QED) is 0.907. The highest BCUT2D eigenvalue weighted by atomic mass is 16.5. The number of aromatic hydroxyl groups is 1. The fourth-order valence-electron chi connectivity index (χ4n) is 5.28. The van der Waals surface area contributed by atoms with Gasteiger partial charge in [-0.15, -0.1) is 0 Å². The number of benzene rings is 1. The van der Waals surface area contributed by atoms with Crippen LogP contribution in [0.5, 0.6) is 5.75 Å². The van der Waals surface area contributed by atoms with Crippen LogP contribution in [0, 0.1) is 5.92 Å². The Labute approximate surface area is 139 Å². The smallest absolute Gasteiger partial charge is 0.115 e. The Morgan fingerprint density at radius 3 is 2.87 bits per heavy atom. The van der Waals surface area contributed by atoms with Gasteiger partial charge in [0.1, 0.15) is 5.75 Å². The van der Waals surface area contributed by atoms with Gasteiger partial charge in [0, 0.05) is 19.2 Å². The molecule has 3 heteroatoms. The van der Waals surface area contributed by atoms with Crippen molar-refractivity contribution in [2.75, 3.05) is 19.7 Å². The second kappa shape index (κ2) is 5.22. The normalized spacial score (nSPS) is 40.1. The minimum Gasteiger partial charge on any atom is -0.508 e. The number of ether oxygens (including phenoxy) is 1. The molecule has 0 aromatic heterocycles. The molecular weight excluding hydrogens is 286 g/mol. The second-order valence-corrected chi connectivity index (χ2v) is 8.44. The summed E-state index contributed by atoms with van der Waals surface area (Å²) in [5.74, 6) is 1.01. The minimum atomic E-state index is 0.0443. The Bertz CT molecular complexity index is 608. The average molecular weight is 315 g/mol. The third kappa shape index (κ3) is 2.40. The Balaban J connectivity index is 1.64. The van der Waals surface area contributed by atoms with Crippen LogP contribution in [0.15, 0.2) is 18.2 Å². The zero-order chi connectivity index (χ0) is 16.2. The van der Waals surface area contributed by atoms with Crippen LogP contribution in [0.2, 0.25) is 0 Å². The maximum absolute atomic E-state index is 9.93. The summed E-state index contributed by atoms with van der Waals surface area (Å²) in [6.45, 7) is 10.2. The number of phenols is 1. The first-order valence-corrected chi connectivity index (χ1v) is 9.12. The van der Waals surface area contributed by atoms with Gasteiger partial charge in [-0.3, -0.25) is 4.90 Å². The lowest BCUT2D eigenvalue weighted by Crippen LogP contribution is -2.60. The van der Waals surface area contributed by atoms with Crippen molar-refractivity contribution in [3.05, 3.63) is 29.3 Å². The first-order chi connectivity index (χ1) is 10.9. The molecule has 0 spiro atoms. The molecule has 0 amide bonds. The molecule has 2 saturated heterocycles. The van der Waals surface area contributed by atoms with Crippen LogP contribution in [0.25, 0.3) is 0 Å². The van der Waals surface area contributed by atoms with Gasteiger partial charge >= 0.3 is 0 Å². The van der Waals surface area contributed by atoms with E-state index in [2.05, 4.69) is 31.7 Å². The highest BCUT2D eigenvalue weighted by Gasteiger charge is 2.49. The number of phenolic OH excluding ortho intramolecular Hbond substituents is 1. The topological polar surface area (TPSA) is 32.7 Å². The third-order valence-electron chi connectivity index (χ3n) is 6.95. The number of nitrogens with zero attached hydrogens (tertiary/aromatic N) is 1. The predicted molar refractivity (Wildman–Crippen MR) is 91.9 cm³/mol. The van der Waals surface area contributed by atoms with E-state index in [1.165, 1.54) is 24.0 Å². The molecule has 0 saturated carbocycles. The highest BCUT2D eigenvalue weighted by Crippen LogP contribution is 2.49. The molecule has 2 fully saturated rings. The van der Waals surface area contributed by atoms with E-state index in [0.29, 0.717) is 17.7 Å². The Morgan fingerprint density at radius 2 is 2.13 bits per heavy atom. The lowest BCUT2D eigenvalue weighted by atomic mass is 9.59. The molecule has 2 aliphatic heterocycles. The molecule has 3 aliphatic rings. The lowest BCUT2D eigenvalue weighted by Gasteiger charge is -2.55. The zero-order valence-electron chi connectivity index (χ0n) is 14.6. The summed E-state index contributed by atoms with van der Waals surface area (Å²) in [6, 6.07) is 6.59. The molecule has 126 valence electrons. The monoisotopic (exact) mass is 315 g/mol. The van der Waals surface area contributed by atoms with E-state index in [4.69, 9.17) is 4.74 Å². The number of hydrogen-bond acceptors (Lipinski definition) is 3. The number of rotatable bonds is 2. The van der Waals surface area contributed by atoms with E-state index in [0.717, 1.165) is 32.5 Å². The van der Waals surface area contributed by atoms with Gasteiger partial charge in [-0.05, 0) is 73.7 Å². The molecule has 1 aromatic carbocycles. The number of likely N-dealkylation sites (tertiary alicyclic amines) is 1. The fourth-order valence-corrected chi connectivity index (χ4v) is 5.28. The first kappa shape index (κ1) is 15.5. The maximum atomic E-state index is 9.93. The van der Waals surface area contributed by atoms with Crippen LogP contribution in [-0.2, 0) is 16.6 Å². The van der Waals surface area contributed by atoms with Gasteiger partial charge in [-0.25, -0.2) is 0 Å². The minimum absolute atomic E-state index is 0.0443. The van der Waals surface area contributed by atoms with Gasteiger partial charge in [-0.2, -0.15) is 0 Å². The standard InChI is InChI=1S/C20H29NO2/c1-14-18-11-15-5-6-16(22)12-17(15)20(14,3)8-9-21(18)13-19(2)7-4-10-23-19/h5-6,12,14,18,22H,4,7-11,13H2,1-3H3/t14?,18-,19+,20-/m0/s1. The molecule has 1 aliphatic carbocycles. The van der Waals surface area contributed by atoms with E-state index in [1.807, 2.05) is 12.1 Å². The summed E-state index contributed by atoms with van der Waals surface area (Å²) in [6.07, 6.45) is 4.65. The van der Waals surface area contributed by atoms with Crippen molar-refractivity contribution in [3.63, 3.8) is 0 Å². The molecule has 23 heavy (non-hydrogen) atoms. The van der Waals surface area contributed by atoms with Crippen LogP contribution in [0.3, 0.4) is 0 Å². The lowest BCUT2D eigenvalue weighted by molar-refractivity contribution is -0.0508. The van der Waals surface area contributed by atoms with Crippen LogP contribution in [0.4, 0.5) is 0 Å². The van der Waals surface area contributed by atoms with Crippen molar-refractivity contribution in [2.45, 2.75) is 63.5 Å². The molecule has 0 radical (unpaired) electrons. The maximum Gasteiger partial charge on any atom is 0.115 e. The molecule has 1 N–H and O–H groups in total. The highest BCUT2D eigenvalue weighted by molar-refractivity contribution is 5.44. The van der Waals surface area contributed by atoms with Crippen LogP contribution >= 0.6 is 0 Å². The van der Waals surface area contributed by atoms with Crippen molar-refractivity contribution < 1.29 is 9.84 Å². The van der Waals surface area contributed by atoms with E-state index < -0.39 is 0 Å². The molecule has 2 bridgehead atoms. The van der Waals surface area contributed by atoms with Gasteiger partial charge < -0.3 is 9.84 Å². The molecule has 1 unspecified atom stereocenters. The van der Waals surface area contributed by atoms with Crippen molar-refractivity contribution >= 4 is 0 Å². The molecule has 3 nitrogen and oxygen atoms in total. The second-order valence-electron chi connectivity index (χ2n) is 8.44. The van der Waals surface area contributed by atoms with Crippen LogP contribution < -0.4 is 0 Å². The summed E-state index contributed by atoms with van der Waals surface area (Å²) in [5, 5.41) is 9.93. The van der Waals surface area contributed by atoms with E-state index >= 15 is 0 Å². The van der Waals surface area contributed by atoms with Gasteiger partial charge in [0.05, 0.1) is 5.60 Å². The third-order valence-corrected chi connectivity index (χ3v) is 6.95. The van der Waals surface area contributed by atoms with Crippen molar-refractivity contribution in [3.8, 4) is 5.75 Å². The Hall–Kier alpha value is -1.06. The fraction of sp³-hybridized carbons (Fsp3) is 0.700. The summed E-state index contributed by atoms with van der Waals surface area (Å²) in [4.78, 5) is 2.69. The molecule has 2 heterocycles. The van der Waals surface area contributed by atoms with E-state index in [9.17, 15) is 5.11 Å². The molecule has 4 atom stereocenters. The molecule has 1 aromatic rings. The van der Waals surface area contributed by atoms with Gasteiger partial charge in [0.2, 0.25) is 0 Å². The summed E-state index contributed by atoms with van der Waals surface area (Å²) >= 11 is 0. The van der Waals surface area contributed by atoms with Crippen molar-refractivity contribution in [1.82, 2.24) is 4.90 Å².